The van der Waals surface area contributed by atoms with Crippen molar-refractivity contribution in [3.05, 3.63) is 29.6 Å². The second kappa shape index (κ2) is 3.34. The molecule has 1 aromatic carbocycles. The first-order valence-corrected chi connectivity index (χ1v) is 4.23. The molecule has 0 saturated heterocycles. The van der Waals surface area contributed by atoms with Gasteiger partial charge in [-0.15, -0.1) is 0 Å². The van der Waals surface area contributed by atoms with Crippen LogP contribution in [0.15, 0.2) is 18.2 Å². The Kier molecular flexibility index (Phi) is 2.57. The molecule has 4 N–H and O–H groups in total. The standard InChI is InChI=1S/C10H15FN2/c1-10(2,6-12)7-3-4-8(11)9(13)5-7/h3-5H,6,12-13H2,1-2H3. The van der Waals surface area contributed by atoms with Crippen molar-refractivity contribution in [2.24, 2.45) is 5.73 Å². The topological polar surface area (TPSA) is 52.0 Å². The fraction of sp³-hybridized carbons (Fsp3) is 0.400. The van der Waals surface area contributed by atoms with Crippen LogP contribution in [0.2, 0.25) is 0 Å². The summed E-state index contributed by atoms with van der Waals surface area (Å²) in [6.45, 7) is 4.51. The first-order chi connectivity index (χ1) is 5.97. The lowest BCUT2D eigenvalue weighted by Gasteiger charge is -2.23. The third-order valence-corrected chi connectivity index (χ3v) is 2.29. The van der Waals surface area contributed by atoms with Gasteiger partial charge in [-0.3, -0.25) is 0 Å². The van der Waals surface area contributed by atoms with Gasteiger partial charge in [-0.05, 0) is 17.7 Å². The Bertz CT molecular complexity index is 308. The summed E-state index contributed by atoms with van der Waals surface area (Å²) < 4.78 is 12.8. The number of nitrogens with two attached hydrogens (primary N) is 2. The van der Waals surface area contributed by atoms with Crippen LogP contribution < -0.4 is 11.5 Å². The molecule has 1 rings (SSSR count). The summed E-state index contributed by atoms with van der Waals surface area (Å²) in [6, 6.07) is 4.74. The SMILES string of the molecule is CC(C)(CN)c1ccc(F)c(N)c1. The van der Waals surface area contributed by atoms with Crippen molar-refractivity contribution in [1.82, 2.24) is 0 Å². The maximum Gasteiger partial charge on any atom is 0.146 e. The molecule has 3 heteroatoms. The van der Waals surface area contributed by atoms with Gasteiger partial charge in [0.25, 0.3) is 0 Å². The number of nitrogen functional groups attached to an aromatic ring is 1. The van der Waals surface area contributed by atoms with E-state index in [1.807, 2.05) is 13.8 Å². The van der Waals surface area contributed by atoms with E-state index in [2.05, 4.69) is 0 Å². The Morgan fingerprint density at radius 1 is 1.38 bits per heavy atom. The normalized spacial score (nSPS) is 11.7. The van der Waals surface area contributed by atoms with Gasteiger partial charge in [0.05, 0.1) is 5.69 Å². The zero-order valence-electron chi connectivity index (χ0n) is 7.97. The van der Waals surface area contributed by atoms with Crippen LogP contribution in [-0.2, 0) is 5.41 Å². The zero-order valence-corrected chi connectivity index (χ0v) is 7.97. The molecule has 0 aromatic heterocycles. The summed E-state index contributed by atoms with van der Waals surface area (Å²) in [5.41, 5.74) is 12.0. The highest BCUT2D eigenvalue weighted by atomic mass is 19.1. The maximum absolute atomic E-state index is 12.8. The summed E-state index contributed by atoms with van der Waals surface area (Å²) in [5, 5.41) is 0. The highest BCUT2D eigenvalue weighted by molar-refractivity contribution is 5.44. The lowest BCUT2D eigenvalue weighted by molar-refractivity contribution is 0.537. The molecule has 0 spiro atoms. The van der Waals surface area contributed by atoms with Gasteiger partial charge in [-0.1, -0.05) is 19.9 Å². The van der Waals surface area contributed by atoms with E-state index in [9.17, 15) is 4.39 Å². The van der Waals surface area contributed by atoms with Crippen molar-refractivity contribution in [3.63, 3.8) is 0 Å². The van der Waals surface area contributed by atoms with E-state index in [4.69, 9.17) is 11.5 Å². The minimum Gasteiger partial charge on any atom is -0.396 e. The van der Waals surface area contributed by atoms with Crippen molar-refractivity contribution in [2.75, 3.05) is 12.3 Å². The third-order valence-electron chi connectivity index (χ3n) is 2.29. The van der Waals surface area contributed by atoms with E-state index in [1.165, 1.54) is 6.07 Å². The average Bonchev–Trinajstić information content (AvgIpc) is 2.09. The highest BCUT2D eigenvalue weighted by Gasteiger charge is 2.18. The van der Waals surface area contributed by atoms with E-state index in [-0.39, 0.29) is 16.9 Å². The van der Waals surface area contributed by atoms with Crippen molar-refractivity contribution < 1.29 is 4.39 Å². The van der Waals surface area contributed by atoms with Crippen LogP contribution in [0.3, 0.4) is 0 Å². The van der Waals surface area contributed by atoms with Gasteiger partial charge >= 0.3 is 0 Å². The molecular weight excluding hydrogens is 167 g/mol. The maximum atomic E-state index is 12.8. The molecule has 0 amide bonds. The molecule has 0 aliphatic heterocycles. The molecular formula is C10H15FN2. The van der Waals surface area contributed by atoms with Crippen molar-refractivity contribution in [3.8, 4) is 0 Å². The molecule has 0 aliphatic rings. The molecule has 0 bridgehead atoms. The van der Waals surface area contributed by atoms with E-state index in [1.54, 1.807) is 12.1 Å². The average molecular weight is 182 g/mol. The van der Waals surface area contributed by atoms with Gasteiger partial charge in [0.1, 0.15) is 5.82 Å². The van der Waals surface area contributed by atoms with E-state index in [0.717, 1.165) is 5.56 Å². The molecule has 1 aromatic rings. The molecule has 0 unspecified atom stereocenters. The van der Waals surface area contributed by atoms with Gasteiger partial charge in [0.2, 0.25) is 0 Å². The molecule has 2 nitrogen and oxygen atoms in total. The smallest absolute Gasteiger partial charge is 0.146 e. The Hall–Kier alpha value is -1.09. The second-order valence-electron chi connectivity index (χ2n) is 3.82. The number of halogens is 1. The Morgan fingerprint density at radius 3 is 2.46 bits per heavy atom. The van der Waals surface area contributed by atoms with Crippen molar-refractivity contribution in [2.45, 2.75) is 19.3 Å². The number of rotatable bonds is 2. The van der Waals surface area contributed by atoms with Crippen molar-refractivity contribution >= 4 is 5.69 Å². The van der Waals surface area contributed by atoms with E-state index < -0.39 is 0 Å². The van der Waals surface area contributed by atoms with Crippen molar-refractivity contribution in [1.29, 1.82) is 0 Å². The van der Waals surface area contributed by atoms with Gasteiger partial charge in [0, 0.05) is 12.0 Å². The molecule has 0 saturated carbocycles. The second-order valence-corrected chi connectivity index (χ2v) is 3.82. The van der Waals surface area contributed by atoms with Crippen LogP contribution in [0.1, 0.15) is 19.4 Å². The summed E-state index contributed by atoms with van der Waals surface area (Å²) in [4.78, 5) is 0. The van der Waals surface area contributed by atoms with Crippen LogP contribution in [0.25, 0.3) is 0 Å². The molecule has 72 valence electrons. The Labute approximate surface area is 77.7 Å². The van der Waals surface area contributed by atoms with Crippen LogP contribution in [-0.4, -0.2) is 6.54 Å². The van der Waals surface area contributed by atoms with Crippen LogP contribution >= 0.6 is 0 Å². The fourth-order valence-electron chi connectivity index (χ4n) is 1.08. The Morgan fingerprint density at radius 2 is 2.00 bits per heavy atom. The minimum absolute atomic E-state index is 0.151. The lowest BCUT2D eigenvalue weighted by Crippen LogP contribution is -2.28. The number of hydrogen-bond donors (Lipinski definition) is 2. The first kappa shape index (κ1) is 9.99. The van der Waals surface area contributed by atoms with Gasteiger partial charge < -0.3 is 11.5 Å². The zero-order chi connectivity index (χ0) is 10.1. The van der Waals surface area contributed by atoms with Gasteiger partial charge in [-0.25, -0.2) is 4.39 Å². The molecule has 0 atom stereocenters. The minimum atomic E-state index is -0.378. The third kappa shape index (κ3) is 1.98. The molecule has 0 heterocycles. The predicted molar refractivity (Wildman–Crippen MR) is 52.9 cm³/mol. The van der Waals surface area contributed by atoms with E-state index >= 15 is 0 Å². The van der Waals surface area contributed by atoms with Gasteiger partial charge in [0.15, 0.2) is 0 Å². The largest absolute Gasteiger partial charge is 0.396 e. The fourth-order valence-corrected chi connectivity index (χ4v) is 1.08. The highest BCUT2D eigenvalue weighted by Crippen LogP contribution is 2.24. The number of benzene rings is 1. The van der Waals surface area contributed by atoms with Crippen LogP contribution in [0, 0.1) is 5.82 Å². The quantitative estimate of drug-likeness (QED) is 0.683. The molecule has 0 aliphatic carbocycles. The van der Waals surface area contributed by atoms with Crippen LogP contribution in [0.5, 0.6) is 0 Å². The summed E-state index contributed by atoms with van der Waals surface area (Å²) >= 11 is 0. The first-order valence-electron chi connectivity index (χ1n) is 4.23. The summed E-state index contributed by atoms with van der Waals surface area (Å²) in [6.07, 6.45) is 0. The van der Waals surface area contributed by atoms with E-state index in [0.29, 0.717) is 6.54 Å². The molecule has 0 fully saturated rings. The summed E-state index contributed by atoms with van der Waals surface area (Å²) in [7, 11) is 0. The summed E-state index contributed by atoms with van der Waals surface area (Å²) in [5.74, 6) is -0.378. The van der Waals surface area contributed by atoms with Crippen LogP contribution in [0.4, 0.5) is 10.1 Å². The molecule has 0 radical (unpaired) electrons. The monoisotopic (exact) mass is 182 g/mol. The van der Waals surface area contributed by atoms with Gasteiger partial charge in [-0.2, -0.15) is 0 Å². The molecule has 13 heavy (non-hydrogen) atoms. The predicted octanol–water partition coefficient (Wildman–Crippen LogP) is 1.64. The number of hydrogen-bond acceptors (Lipinski definition) is 2. The lowest BCUT2D eigenvalue weighted by atomic mass is 9.84. The number of anilines is 1. The Balaban J connectivity index is 3.10.